The van der Waals surface area contributed by atoms with Crippen molar-refractivity contribution in [1.29, 1.82) is 0 Å². The van der Waals surface area contributed by atoms with E-state index >= 15 is 0 Å². The van der Waals surface area contributed by atoms with Crippen LogP contribution >= 0.6 is 46.4 Å². The molecule has 0 aromatic heterocycles. The number of ether oxygens (including phenoxy) is 1. The van der Waals surface area contributed by atoms with Gasteiger partial charge < -0.3 is 10.1 Å². The minimum Gasteiger partial charge on any atom is -0.456 e. The lowest BCUT2D eigenvalue weighted by atomic mass is 10.0. The molecule has 1 N–H and O–H groups in total. The first-order valence-electron chi connectivity index (χ1n) is 11.9. The number of para-hydroxylation sites is 1. The molecule has 0 unspecified atom stereocenters. The number of fused-ring (bicyclic) bond motifs is 1. The topological polar surface area (TPSA) is 92.8 Å². The van der Waals surface area contributed by atoms with Crippen molar-refractivity contribution in [3.05, 3.63) is 60.5 Å². The van der Waals surface area contributed by atoms with Crippen LogP contribution in [0.15, 0.2) is 18.2 Å². The molecule has 7 nitrogen and oxygen atoms in total. The number of nitrogens with one attached hydrogen (secondary N) is 1. The lowest BCUT2D eigenvalue weighted by Gasteiger charge is -2.14. The van der Waals surface area contributed by atoms with Gasteiger partial charge in [-0.05, 0) is 36.8 Å². The fourth-order valence-corrected chi connectivity index (χ4v) is 5.13. The Morgan fingerprint density at radius 3 is 1.89 bits per heavy atom. The highest BCUT2D eigenvalue weighted by Crippen LogP contribution is 2.44. The van der Waals surface area contributed by atoms with Gasteiger partial charge in [-0.1, -0.05) is 84.9 Å². The van der Waals surface area contributed by atoms with Crippen LogP contribution in [0.25, 0.3) is 0 Å². The molecule has 0 spiro atoms. The third-order valence-electron chi connectivity index (χ3n) is 6.08. The number of hydrogen-bond donors (Lipinski definition) is 1. The van der Waals surface area contributed by atoms with Crippen LogP contribution < -0.4 is 5.32 Å². The van der Waals surface area contributed by atoms with Gasteiger partial charge in [0.25, 0.3) is 17.7 Å². The van der Waals surface area contributed by atoms with Gasteiger partial charge in [-0.25, -0.2) is 0 Å². The first-order valence-corrected chi connectivity index (χ1v) is 13.4. The summed E-state index contributed by atoms with van der Waals surface area (Å²) in [5, 5.41) is 2.47. The molecule has 37 heavy (non-hydrogen) atoms. The number of carbonyl (C=O) groups excluding carboxylic acids is 4. The maximum atomic E-state index is 12.7. The summed E-state index contributed by atoms with van der Waals surface area (Å²) in [7, 11) is 0. The quantitative estimate of drug-likeness (QED) is 0.103. The highest BCUT2D eigenvalue weighted by atomic mass is 35.5. The molecule has 11 heteroatoms. The zero-order valence-corrected chi connectivity index (χ0v) is 23.4. The van der Waals surface area contributed by atoms with E-state index in [0.717, 1.165) is 34.6 Å². The molecular formula is C26H26Cl4N2O5. The molecule has 0 saturated carbocycles. The Hall–Kier alpha value is -2.32. The van der Waals surface area contributed by atoms with E-state index < -0.39 is 23.7 Å². The van der Waals surface area contributed by atoms with E-state index in [-0.39, 0.29) is 50.8 Å². The average Bonchev–Trinajstić information content (AvgIpc) is 3.14. The number of halogens is 4. The second-order valence-electron chi connectivity index (χ2n) is 8.45. The maximum absolute atomic E-state index is 12.7. The number of esters is 1. The standard InChI is InChI=1S/C26H26Cl4N2O5/c1-3-14-9-8-10-15(4-2)24(14)31-16(33)13-37-17(34)11-6-5-7-12-32-25(35)18-19(26(32)36)21(28)23(30)22(29)20(18)27/h8-10H,3-7,11-13H2,1-2H3,(H,31,33). The highest BCUT2D eigenvalue weighted by molar-refractivity contribution is 6.55. The second kappa shape index (κ2) is 13.0. The van der Waals surface area contributed by atoms with E-state index in [4.69, 9.17) is 51.1 Å². The van der Waals surface area contributed by atoms with Gasteiger partial charge in [0.05, 0.1) is 31.2 Å². The summed E-state index contributed by atoms with van der Waals surface area (Å²) in [4.78, 5) is 50.9. The Morgan fingerprint density at radius 1 is 0.838 bits per heavy atom. The molecule has 0 bridgehead atoms. The fraction of sp³-hybridized carbons (Fsp3) is 0.385. The van der Waals surface area contributed by atoms with Gasteiger partial charge in [0.15, 0.2) is 6.61 Å². The normalized spacial score (nSPS) is 12.6. The Balaban J connectivity index is 1.42. The summed E-state index contributed by atoms with van der Waals surface area (Å²) in [5.41, 5.74) is 2.70. The number of aryl methyl sites for hydroxylation is 2. The molecule has 3 amide bonds. The Labute approximate surface area is 235 Å². The number of rotatable bonds is 11. The van der Waals surface area contributed by atoms with Gasteiger partial charge >= 0.3 is 5.97 Å². The smallest absolute Gasteiger partial charge is 0.306 e. The monoisotopic (exact) mass is 586 g/mol. The Kier molecular flexibility index (Phi) is 10.2. The van der Waals surface area contributed by atoms with E-state index in [2.05, 4.69) is 5.32 Å². The Bertz CT molecular complexity index is 1180. The Morgan fingerprint density at radius 2 is 1.38 bits per heavy atom. The molecule has 0 saturated heterocycles. The number of nitrogens with zero attached hydrogens (tertiary/aromatic N) is 1. The molecule has 0 atom stereocenters. The van der Waals surface area contributed by atoms with Crippen molar-refractivity contribution in [2.24, 2.45) is 0 Å². The third-order valence-corrected chi connectivity index (χ3v) is 7.88. The van der Waals surface area contributed by atoms with Gasteiger partial charge in [-0.3, -0.25) is 24.1 Å². The highest BCUT2D eigenvalue weighted by Gasteiger charge is 2.41. The van der Waals surface area contributed by atoms with Gasteiger partial charge in [0, 0.05) is 18.7 Å². The lowest BCUT2D eigenvalue weighted by Crippen LogP contribution is -2.30. The summed E-state index contributed by atoms with van der Waals surface area (Å²) in [6.45, 7) is 3.76. The zero-order valence-electron chi connectivity index (χ0n) is 20.4. The predicted octanol–water partition coefficient (Wildman–Crippen LogP) is 6.76. The van der Waals surface area contributed by atoms with Crippen LogP contribution in [0, 0.1) is 0 Å². The molecule has 3 rings (SSSR count). The predicted molar refractivity (Wildman–Crippen MR) is 145 cm³/mol. The fourth-order valence-electron chi connectivity index (χ4n) is 4.11. The third kappa shape index (κ3) is 6.40. The summed E-state index contributed by atoms with van der Waals surface area (Å²) < 4.78 is 5.10. The van der Waals surface area contributed by atoms with Crippen LogP contribution in [-0.2, 0) is 27.2 Å². The summed E-state index contributed by atoms with van der Waals surface area (Å²) in [6.07, 6.45) is 3.09. The lowest BCUT2D eigenvalue weighted by molar-refractivity contribution is -0.147. The minimum absolute atomic E-state index is 0.0551. The summed E-state index contributed by atoms with van der Waals surface area (Å²) in [5.74, 6) is -2.08. The minimum atomic E-state index is -0.591. The van der Waals surface area contributed by atoms with Crippen molar-refractivity contribution < 1.29 is 23.9 Å². The van der Waals surface area contributed by atoms with Crippen molar-refractivity contribution in [3.63, 3.8) is 0 Å². The van der Waals surface area contributed by atoms with Crippen molar-refractivity contribution in [3.8, 4) is 0 Å². The van der Waals surface area contributed by atoms with Crippen molar-refractivity contribution in [2.75, 3.05) is 18.5 Å². The summed E-state index contributed by atoms with van der Waals surface area (Å²) in [6, 6.07) is 5.86. The molecular weight excluding hydrogens is 562 g/mol. The van der Waals surface area contributed by atoms with Crippen molar-refractivity contribution in [1.82, 2.24) is 4.90 Å². The van der Waals surface area contributed by atoms with E-state index in [1.54, 1.807) is 0 Å². The number of benzene rings is 2. The van der Waals surface area contributed by atoms with Crippen LogP contribution in [0.2, 0.25) is 20.1 Å². The number of anilines is 1. The zero-order chi connectivity index (χ0) is 27.3. The van der Waals surface area contributed by atoms with Crippen molar-refractivity contribution in [2.45, 2.75) is 52.4 Å². The van der Waals surface area contributed by atoms with Gasteiger partial charge in [0.1, 0.15) is 0 Å². The number of unbranched alkanes of at least 4 members (excludes halogenated alkanes) is 2. The van der Waals surface area contributed by atoms with Gasteiger partial charge in [0.2, 0.25) is 0 Å². The van der Waals surface area contributed by atoms with Crippen LogP contribution in [0.5, 0.6) is 0 Å². The van der Waals surface area contributed by atoms with E-state index in [1.165, 1.54) is 0 Å². The molecule has 0 radical (unpaired) electrons. The molecule has 0 aliphatic carbocycles. The van der Waals surface area contributed by atoms with Crippen LogP contribution in [0.1, 0.15) is 71.4 Å². The molecule has 0 fully saturated rings. The van der Waals surface area contributed by atoms with Crippen LogP contribution in [0.4, 0.5) is 5.69 Å². The number of carbonyl (C=O) groups is 4. The van der Waals surface area contributed by atoms with Crippen LogP contribution in [0.3, 0.4) is 0 Å². The molecule has 1 aliphatic heterocycles. The van der Waals surface area contributed by atoms with Gasteiger partial charge in [-0.2, -0.15) is 0 Å². The van der Waals surface area contributed by atoms with Crippen LogP contribution in [-0.4, -0.2) is 41.7 Å². The summed E-state index contributed by atoms with van der Waals surface area (Å²) >= 11 is 24.3. The molecule has 2 aromatic carbocycles. The second-order valence-corrected chi connectivity index (χ2v) is 9.96. The van der Waals surface area contributed by atoms with Gasteiger partial charge in [-0.15, -0.1) is 0 Å². The maximum Gasteiger partial charge on any atom is 0.306 e. The molecule has 198 valence electrons. The SMILES string of the molecule is CCc1cccc(CC)c1NC(=O)COC(=O)CCCCCN1C(=O)c2c(Cl)c(Cl)c(Cl)c(Cl)c2C1=O. The largest absolute Gasteiger partial charge is 0.456 e. The molecule has 1 aliphatic rings. The average molecular weight is 588 g/mol. The van der Waals surface area contributed by atoms with Crippen molar-refractivity contribution >= 4 is 75.8 Å². The van der Waals surface area contributed by atoms with E-state index in [0.29, 0.717) is 19.3 Å². The first-order chi connectivity index (χ1) is 17.6. The number of imide groups is 1. The molecule has 1 heterocycles. The van der Waals surface area contributed by atoms with E-state index in [1.807, 2.05) is 32.0 Å². The number of hydrogen-bond acceptors (Lipinski definition) is 5. The molecule has 2 aromatic rings. The first kappa shape index (κ1) is 29.2. The number of amides is 3. The van der Waals surface area contributed by atoms with E-state index in [9.17, 15) is 19.2 Å².